The van der Waals surface area contributed by atoms with Crippen molar-refractivity contribution < 1.29 is 4.42 Å². The number of hydrogen-bond donors (Lipinski definition) is 0. The van der Waals surface area contributed by atoms with Crippen molar-refractivity contribution in [2.75, 3.05) is 4.81 Å². The van der Waals surface area contributed by atoms with Crippen LogP contribution >= 0.6 is 11.3 Å². The van der Waals surface area contributed by atoms with Gasteiger partial charge in [-0.05, 0) is 115 Å². The first-order chi connectivity index (χ1) is 30.7. The molecule has 64 heavy (non-hydrogen) atoms. The first-order valence-corrected chi connectivity index (χ1v) is 23.7. The van der Waals surface area contributed by atoms with Gasteiger partial charge >= 0.3 is 6.85 Å². The minimum atomic E-state index is -0.129. The molecule has 5 heteroatoms. The molecule has 0 N–H and O–H groups in total. The van der Waals surface area contributed by atoms with Crippen LogP contribution in [-0.2, 0) is 16.2 Å². The van der Waals surface area contributed by atoms with Gasteiger partial charge in [0, 0.05) is 75.8 Å². The Hall–Kier alpha value is -6.56. The van der Waals surface area contributed by atoms with E-state index in [2.05, 4.69) is 204 Å². The van der Waals surface area contributed by atoms with E-state index in [-0.39, 0.29) is 23.1 Å². The van der Waals surface area contributed by atoms with Gasteiger partial charge in [-0.3, -0.25) is 0 Å². The normalized spacial score (nSPS) is 14.9. The van der Waals surface area contributed by atoms with Gasteiger partial charge < -0.3 is 13.8 Å². The van der Waals surface area contributed by atoms with Crippen molar-refractivity contribution >= 4 is 104 Å². The number of para-hydroxylation sites is 1. The third kappa shape index (κ3) is 4.68. The van der Waals surface area contributed by atoms with Gasteiger partial charge in [-0.15, -0.1) is 11.3 Å². The summed E-state index contributed by atoms with van der Waals surface area (Å²) in [5, 5.41) is 7.57. The minimum Gasteiger partial charge on any atom is -0.456 e. The lowest BCUT2D eigenvalue weighted by atomic mass is 9.44. The third-order valence-corrected chi connectivity index (χ3v) is 16.4. The molecule has 0 spiro atoms. The van der Waals surface area contributed by atoms with Gasteiger partial charge in [0.2, 0.25) is 0 Å². The van der Waals surface area contributed by atoms with Gasteiger partial charge in [-0.2, -0.15) is 0 Å². The zero-order valence-electron chi connectivity index (χ0n) is 37.6. The van der Waals surface area contributed by atoms with E-state index in [1.165, 1.54) is 114 Å². The largest absolute Gasteiger partial charge is 0.456 e. The summed E-state index contributed by atoms with van der Waals surface area (Å²) in [6, 6.07) is 53.9. The lowest BCUT2D eigenvalue weighted by Crippen LogP contribution is -2.60. The molecule has 308 valence electrons. The Morgan fingerprint density at radius 3 is 2.06 bits per heavy atom. The monoisotopic (exact) mass is 842 g/mol. The van der Waals surface area contributed by atoms with Gasteiger partial charge in [0.1, 0.15) is 11.2 Å². The summed E-state index contributed by atoms with van der Waals surface area (Å²) in [6.07, 6.45) is 0. The van der Waals surface area contributed by atoms with Crippen molar-refractivity contribution in [3.05, 3.63) is 162 Å². The topological polar surface area (TPSA) is 21.3 Å². The molecule has 8 aromatic carbocycles. The zero-order valence-corrected chi connectivity index (χ0v) is 38.4. The maximum Gasteiger partial charge on any atom is 0.333 e. The first kappa shape index (κ1) is 36.9. The maximum atomic E-state index is 6.74. The second-order valence-electron chi connectivity index (χ2n) is 21.3. The molecular formula is C59H47BN2OS. The summed E-state index contributed by atoms with van der Waals surface area (Å²) in [5.74, 6) is 0. The summed E-state index contributed by atoms with van der Waals surface area (Å²) in [5.41, 5.74) is 21.4. The van der Waals surface area contributed by atoms with Crippen LogP contribution in [0, 0.1) is 0 Å². The lowest BCUT2D eigenvalue weighted by molar-refractivity contribution is 0.590. The average Bonchev–Trinajstić information content (AvgIpc) is 3.99. The maximum absolute atomic E-state index is 6.74. The quantitative estimate of drug-likeness (QED) is 0.154. The van der Waals surface area contributed by atoms with E-state index in [0.29, 0.717) is 0 Å². The van der Waals surface area contributed by atoms with Crippen LogP contribution in [0.1, 0.15) is 77.6 Å². The van der Waals surface area contributed by atoms with E-state index >= 15 is 0 Å². The Bertz CT molecular complexity index is 3900. The van der Waals surface area contributed by atoms with Gasteiger partial charge in [-0.25, -0.2) is 0 Å². The fraction of sp³-hybridized carbons (Fsp3) is 0.186. The van der Waals surface area contributed by atoms with Crippen LogP contribution in [-0.4, -0.2) is 11.4 Å². The molecule has 0 unspecified atom stereocenters. The number of fused-ring (bicyclic) bond motifs is 17. The molecule has 0 atom stereocenters. The van der Waals surface area contributed by atoms with E-state index in [4.69, 9.17) is 4.42 Å². The summed E-state index contributed by atoms with van der Waals surface area (Å²) >= 11 is 1.92. The van der Waals surface area contributed by atoms with Crippen molar-refractivity contribution in [2.45, 2.75) is 71.6 Å². The highest BCUT2D eigenvalue weighted by molar-refractivity contribution is 7.25. The second-order valence-corrected chi connectivity index (χ2v) is 22.4. The third-order valence-electron chi connectivity index (χ3n) is 15.3. The summed E-state index contributed by atoms with van der Waals surface area (Å²) < 4.78 is 12.0. The van der Waals surface area contributed by atoms with Crippen molar-refractivity contribution in [3.63, 3.8) is 0 Å². The molecule has 0 fully saturated rings. The van der Waals surface area contributed by atoms with E-state index < -0.39 is 0 Å². The van der Waals surface area contributed by atoms with Crippen LogP contribution in [0.15, 0.2) is 144 Å². The van der Waals surface area contributed by atoms with E-state index in [0.717, 1.165) is 21.9 Å². The Kier molecular flexibility index (Phi) is 6.89. The molecule has 0 bridgehead atoms. The van der Waals surface area contributed by atoms with Gasteiger partial charge in [0.15, 0.2) is 0 Å². The predicted octanol–water partition coefficient (Wildman–Crippen LogP) is 15.2. The van der Waals surface area contributed by atoms with Crippen molar-refractivity contribution in [3.8, 4) is 27.9 Å². The second kappa shape index (κ2) is 12.0. The van der Waals surface area contributed by atoms with Crippen molar-refractivity contribution in [1.82, 2.24) is 4.57 Å². The summed E-state index contributed by atoms with van der Waals surface area (Å²) in [7, 11) is 0. The first-order valence-electron chi connectivity index (χ1n) is 22.9. The fourth-order valence-electron chi connectivity index (χ4n) is 11.9. The molecule has 11 aromatic rings. The van der Waals surface area contributed by atoms with Gasteiger partial charge in [-0.1, -0.05) is 134 Å². The molecule has 14 rings (SSSR count). The van der Waals surface area contributed by atoms with E-state index in [1.54, 1.807) is 0 Å². The van der Waals surface area contributed by atoms with Crippen LogP contribution in [0.5, 0.6) is 0 Å². The van der Waals surface area contributed by atoms with Crippen LogP contribution in [0.2, 0.25) is 0 Å². The Labute approximate surface area is 377 Å². The number of rotatable bonds is 1. The zero-order chi connectivity index (χ0) is 43.3. The number of benzene rings is 8. The van der Waals surface area contributed by atoms with E-state index in [1.807, 2.05) is 11.3 Å². The molecule has 3 aliphatic rings. The van der Waals surface area contributed by atoms with E-state index in [9.17, 15) is 0 Å². The number of hydrogen-bond acceptors (Lipinski definition) is 3. The molecular weight excluding hydrogens is 796 g/mol. The number of furan rings is 1. The Morgan fingerprint density at radius 2 is 1.25 bits per heavy atom. The lowest BCUT2D eigenvalue weighted by Gasteiger charge is -2.42. The van der Waals surface area contributed by atoms with Crippen LogP contribution in [0.25, 0.3) is 91.9 Å². The molecule has 0 saturated heterocycles. The standard InChI is InChI=1S/C59H47BN2OS/c1-57(2,3)32-17-20-34(21-18-32)62-49-31-54-44(43-25-33(58(4,5)6)19-24-53(43)64-54)27-40(49)37-22-23-38-41-26-39-35-13-9-11-15-45(35)59(7,8)46(39)29-48(41)61-50-30-52-42(36-14-10-12-16-51(36)63-52)28-47(50)60(62)55(37)56(38)61/h9-31H,1-8H3. The fourth-order valence-corrected chi connectivity index (χ4v) is 13.0. The minimum absolute atomic E-state index is 0.0356. The average molecular weight is 843 g/mol. The van der Waals surface area contributed by atoms with Crippen LogP contribution in [0.4, 0.5) is 11.4 Å². The summed E-state index contributed by atoms with van der Waals surface area (Å²) in [4.78, 5) is 2.68. The number of aromatic nitrogens is 1. The smallest absolute Gasteiger partial charge is 0.333 e. The molecule has 5 heterocycles. The van der Waals surface area contributed by atoms with Crippen LogP contribution < -0.4 is 15.7 Å². The highest BCUT2D eigenvalue weighted by Crippen LogP contribution is 2.53. The molecule has 3 aromatic heterocycles. The van der Waals surface area contributed by atoms with Gasteiger partial charge in [0.25, 0.3) is 0 Å². The SMILES string of the molecule is CC(C)(C)c1ccc(N2B3c4cc5c(cc4-n4c6cc7c(cc6c6ccc(c3c64)-c3cc4c(cc32)sc2ccc(C(C)(C)C)cc24)-c2ccccc2C7(C)C)oc2ccccc25)cc1. The van der Waals surface area contributed by atoms with Crippen molar-refractivity contribution in [1.29, 1.82) is 0 Å². The van der Waals surface area contributed by atoms with Crippen LogP contribution in [0.3, 0.4) is 0 Å². The number of anilines is 2. The molecule has 0 radical (unpaired) electrons. The predicted molar refractivity (Wildman–Crippen MR) is 275 cm³/mol. The number of thiophene rings is 1. The highest BCUT2D eigenvalue weighted by atomic mass is 32.1. The van der Waals surface area contributed by atoms with Gasteiger partial charge in [0.05, 0.1) is 11.0 Å². The molecule has 0 saturated carbocycles. The number of nitrogens with zero attached hydrogens (tertiary/aromatic N) is 2. The molecule has 2 aliphatic heterocycles. The molecule has 0 amide bonds. The molecule has 1 aliphatic carbocycles. The molecule has 3 nitrogen and oxygen atoms in total. The van der Waals surface area contributed by atoms with Crippen molar-refractivity contribution in [2.24, 2.45) is 0 Å². The summed E-state index contributed by atoms with van der Waals surface area (Å²) in [6.45, 7) is 18.6. The Balaban J connectivity index is 1.15. The Morgan fingerprint density at radius 1 is 0.516 bits per heavy atom. The highest BCUT2D eigenvalue weighted by Gasteiger charge is 2.45.